The van der Waals surface area contributed by atoms with E-state index in [0.29, 0.717) is 4.88 Å². The minimum atomic E-state index is -0.637. The van der Waals surface area contributed by atoms with Crippen LogP contribution in [0.15, 0.2) is 30.3 Å². The van der Waals surface area contributed by atoms with Gasteiger partial charge in [0.15, 0.2) is 6.61 Å². The van der Waals surface area contributed by atoms with E-state index in [-0.39, 0.29) is 12.5 Å². The predicted octanol–water partition coefficient (Wildman–Crippen LogP) is 1.05. The van der Waals surface area contributed by atoms with Gasteiger partial charge in [0.1, 0.15) is 0 Å². The lowest BCUT2D eigenvalue weighted by molar-refractivity contribution is -0.124. The minimum Gasteiger partial charge on any atom is -0.368 e. The molecule has 0 saturated heterocycles. The zero-order valence-corrected chi connectivity index (χ0v) is 9.62. The Bertz CT molecular complexity index is 532. The number of benzene rings is 1. The lowest BCUT2D eigenvalue weighted by atomic mass is 10.2. The standard InChI is InChI=1S/C11H10N2O3S/c12-10(14)6-16-13-11(15)9-5-7-3-1-2-4-8(7)17-9/h1-5H,6H2,(H2,12,14)(H,13,15). The van der Waals surface area contributed by atoms with Gasteiger partial charge in [-0.1, -0.05) is 18.2 Å². The SMILES string of the molecule is NC(=O)CONC(=O)c1cc2ccccc2s1. The normalized spacial score (nSPS) is 10.4. The summed E-state index contributed by atoms with van der Waals surface area (Å²) in [5, 5.41) is 0.998. The number of nitrogens with two attached hydrogens (primary N) is 1. The monoisotopic (exact) mass is 250 g/mol. The number of carbonyl (C=O) groups excluding carboxylic acids is 2. The quantitative estimate of drug-likeness (QED) is 0.796. The first-order valence-corrected chi connectivity index (χ1v) is 5.67. The summed E-state index contributed by atoms with van der Waals surface area (Å²) in [6, 6.07) is 9.43. The average Bonchev–Trinajstić information content (AvgIpc) is 2.71. The smallest absolute Gasteiger partial charge is 0.284 e. The molecule has 1 heterocycles. The van der Waals surface area contributed by atoms with Crippen LogP contribution in [0.5, 0.6) is 0 Å². The van der Waals surface area contributed by atoms with E-state index in [2.05, 4.69) is 10.3 Å². The summed E-state index contributed by atoms with van der Waals surface area (Å²) < 4.78 is 1.02. The minimum absolute atomic E-state index is 0.337. The van der Waals surface area contributed by atoms with Crippen LogP contribution in [0.4, 0.5) is 0 Å². The molecule has 17 heavy (non-hydrogen) atoms. The van der Waals surface area contributed by atoms with Crippen molar-refractivity contribution in [3.63, 3.8) is 0 Å². The number of thiophene rings is 1. The Morgan fingerprint density at radius 2 is 2.12 bits per heavy atom. The third kappa shape index (κ3) is 2.80. The van der Waals surface area contributed by atoms with Gasteiger partial charge in [0.25, 0.3) is 5.91 Å². The molecule has 2 aromatic rings. The number of rotatable bonds is 4. The molecule has 0 saturated carbocycles. The Labute approximate surface area is 101 Å². The molecule has 3 N–H and O–H groups in total. The lowest BCUT2D eigenvalue weighted by Gasteiger charge is -2.00. The lowest BCUT2D eigenvalue weighted by Crippen LogP contribution is -2.28. The zero-order chi connectivity index (χ0) is 12.3. The molecule has 1 aromatic carbocycles. The molecule has 1 aromatic heterocycles. The number of nitrogens with one attached hydrogen (secondary N) is 1. The van der Waals surface area contributed by atoms with Crippen molar-refractivity contribution in [2.24, 2.45) is 5.73 Å². The third-order valence-corrected chi connectivity index (χ3v) is 3.14. The fraction of sp³-hybridized carbons (Fsp3) is 0.0909. The molecule has 0 aliphatic rings. The van der Waals surface area contributed by atoms with E-state index in [9.17, 15) is 9.59 Å². The van der Waals surface area contributed by atoms with E-state index in [4.69, 9.17) is 5.73 Å². The Balaban J connectivity index is 2.06. The van der Waals surface area contributed by atoms with Crippen molar-refractivity contribution in [1.29, 1.82) is 0 Å². The number of carbonyl (C=O) groups is 2. The molecule has 0 radical (unpaired) electrons. The summed E-state index contributed by atoms with van der Waals surface area (Å²) in [5.41, 5.74) is 7.03. The van der Waals surface area contributed by atoms with Crippen LogP contribution in [0, 0.1) is 0 Å². The second kappa shape index (κ2) is 4.94. The maximum atomic E-state index is 11.6. The Kier molecular flexibility index (Phi) is 3.36. The van der Waals surface area contributed by atoms with Gasteiger partial charge in [0, 0.05) is 4.70 Å². The van der Waals surface area contributed by atoms with Gasteiger partial charge in [-0.15, -0.1) is 11.3 Å². The van der Waals surface area contributed by atoms with Crippen molar-refractivity contribution in [2.75, 3.05) is 6.61 Å². The second-order valence-corrected chi connectivity index (χ2v) is 4.42. The van der Waals surface area contributed by atoms with Crippen LogP contribution in [0.25, 0.3) is 10.1 Å². The molecule has 0 unspecified atom stereocenters. The fourth-order valence-electron chi connectivity index (χ4n) is 1.32. The molecule has 88 valence electrons. The van der Waals surface area contributed by atoms with Gasteiger partial charge in [0.2, 0.25) is 5.91 Å². The first kappa shape index (κ1) is 11.6. The average molecular weight is 250 g/mol. The maximum absolute atomic E-state index is 11.6. The van der Waals surface area contributed by atoms with E-state index in [0.717, 1.165) is 10.1 Å². The predicted molar refractivity (Wildman–Crippen MR) is 64.4 cm³/mol. The van der Waals surface area contributed by atoms with Crippen LogP contribution < -0.4 is 11.2 Å². The van der Waals surface area contributed by atoms with Gasteiger partial charge >= 0.3 is 0 Å². The number of hydrogen-bond donors (Lipinski definition) is 2. The summed E-state index contributed by atoms with van der Waals surface area (Å²) in [7, 11) is 0. The third-order valence-electron chi connectivity index (χ3n) is 2.03. The van der Waals surface area contributed by atoms with Crippen molar-refractivity contribution in [2.45, 2.75) is 0 Å². The molecule has 5 nitrogen and oxygen atoms in total. The Morgan fingerprint density at radius 3 is 2.82 bits per heavy atom. The molecule has 0 aliphatic carbocycles. The number of hydroxylamine groups is 1. The van der Waals surface area contributed by atoms with E-state index in [1.54, 1.807) is 6.07 Å². The van der Waals surface area contributed by atoms with Gasteiger partial charge in [-0.2, -0.15) is 0 Å². The van der Waals surface area contributed by atoms with E-state index < -0.39 is 5.91 Å². The number of primary amides is 1. The van der Waals surface area contributed by atoms with Crippen molar-refractivity contribution in [1.82, 2.24) is 5.48 Å². The summed E-state index contributed by atoms with van der Waals surface area (Å²) >= 11 is 1.36. The van der Waals surface area contributed by atoms with Crippen LogP contribution in [0.3, 0.4) is 0 Å². The van der Waals surface area contributed by atoms with Gasteiger partial charge < -0.3 is 5.73 Å². The first-order valence-electron chi connectivity index (χ1n) is 4.86. The Hall–Kier alpha value is -1.92. The second-order valence-electron chi connectivity index (χ2n) is 3.33. The summed E-state index contributed by atoms with van der Waals surface area (Å²) in [5.74, 6) is -1.02. The fourth-order valence-corrected chi connectivity index (χ4v) is 2.27. The highest BCUT2D eigenvalue weighted by Crippen LogP contribution is 2.24. The first-order chi connectivity index (χ1) is 8.16. The molecular weight excluding hydrogens is 240 g/mol. The molecule has 2 rings (SSSR count). The van der Waals surface area contributed by atoms with Gasteiger partial charge in [-0.25, -0.2) is 5.48 Å². The summed E-state index contributed by atoms with van der Waals surface area (Å²) in [6.45, 7) is -0.337. The Morgan fingerprint density at radius 1 is 1.35 bits per heavy atom. The number of hydrogen-bond acceptors (Lipinski definition) is 4. The topological polar surface area (TPSA) is 81.4 Å². The molecule has 0 aliphatic heterocycles. The van der Waals surface area contributed by atoms with Gasteiger partial charge in [-0.3, -0.25) is 14.4 Å². The van der Waals surface area contributed by atoms with Crippen LogP contribution in [-0.2, 0) is 9.63 Å². The number of fused-ring (bicyclic) bond motifs is 1. The zero-order valence-electron chi connectivity index (χ0n) is 8.80. The van der Waals surface area contributed by atoms with Crippen LogP contribution in [0.2, 0.25) is 0 Å². The van der Waals surface area contributed by atoms with E-state index in [1.807, 2.05) is 24.3 Å². The van der Waals surface area contributed by atoms with Crippen molar-refractivity contribution < 1.29 is 14.4 Å². The van der Waals surface area contributed by atoms with Crippen molar-refractivity contribution in [3.05, 3.63) is 35.2 Å². The summed E-state index contributed by atoms with van der Waals surface area (Å²) in [6.07, 6.45) is 0. The maximum Gasteiger partial charge on any atom is 0.284 e. The molecular formula is C11H10N2O3S. The molecule has 0 fully saturated rings. The highest BCUT2D eigenvalue weighted by Gasteiger charge is 2.10. The van der Waals surface area contributed by atoms with Crippen molar-refractivity contribution >= 4 is 33.2 Å². The van der Waals surface area contributed by atoms with E-state index >= 15 is 0 Å². The molecule has 0 spiro atoms. The molecule has 0 atom stereocenters. The van der Waals surface area contributed by atoms with Gasteiger partial charge in [0.05, 0.1) is 4.88 Å². The summed E-state index contributed by atoms with van der Waals surface area (Å²) in [4.78, 5) is 27.2. The molecule has 0 bridgehead atoms. The van der Waals surface area contributed by atoms with Crippen LogP contribution in [-0.4, -0.2) is 18.4 Å². The van der Waals surface area contributed by atoms with Crippen LogP contribution in [0.1, 0.15) is 9.67 Å². The van der Waals surface area contributed by atoms with Gasteiger partial charge in [-0.05, 0) is 17.5 Å². The molecule has 6 heteroatoms. The largest absolute Gasteiger partial charge is 0.368 e. The number of amides is 2. The molecule has 2 amide bonds. The van der Waals surface area contributed by atoms with Crippen LogP contribution >= 0.6 is 11.3 Å². The van der Waals surface area contributed by atoms with Crippen molar-refractivity contribution in [3.8, 4) is 0 Å². The van der Waals surface area contributed by atoms with E-state index in [1.165, 1.54) is 11.3 Å². The highest BCUT2D eigenvalue weighted by molar-refractivity contribution is 7.20. The highest BCUT2D eigenvalue weighted by atomic mass is 32.1.